The van der Waals surface area contributed by atoms with Crippen molar-refractivity contribution >= 4 is 36.7 Å². The van der Waals surface area contributed by atoms with Crippen molar-refractivity contribution in [3.63, 3.8) is 0 Å². The molecule has 10 atom stereocenters. The van der Waals surface area contributed by atoms with E-state index < -0.39 is 72.6 Å². The van der Waals surface area contributed by atoms with E-state index in [2.05, 4.69) is 54.3 Å². The Hall–Kier alpha value is -2.75. The number of hydrogen-bond donors (Lipinski definition) is 7. The maximum atomic E-state index is 13.6. The summed E-state index contributed by atoms with van der Waals surface area (Å²) in [5.74, 6) is -2.14. The molecule has 2 bridgehead atoms. The molecule has 0 aromatic rings. The van der Waals surface area contributed by atoms with Gasteiger partial charge in [-0.2, -0.15) is 0 Å². The normalized spacial score (nSPS) is 25.6. The summed E-state index contributed by atoms with van der Waals surface area (Å²) >= 11 is 0. The Balaban J connectivity index is 1.54. The highest BCUT2D eigenvalue weighted by Gasteiger charge is 2.68. The standard InChI is InChI=1S/C40H73BN6O8/c1-9-11-12-13-14-15-16-21-33(49)45-29(19-10-2)37(52)47-34(26(4)48)38(53)43-25(3)35(50)46-30(20-17-18-22-42)36(51)44-27(5)41-54-32-24-28-23-31(39(28,6)7)40(32,8)55-41/h25-32,34,48H,9-24,42H2,1-8H3,(H,43,53)(H,44,51)(H,45,49)(H,46,50)(H,47,52)/t25-,26+,27-,28-,29-,30-,31-,32+,34-,40-/m0/s1. The minimum atomic E-state index is -1.39. The Labute approximate surface area is 330 Å². The van der Waals surface area contributed by atoms with Gasteiger partial charge in [0.25, 0.3) is 0 Å². The summed E-state index contributed by atoms with van der Waals surface area (Å²) in [4.78, 5) is 66.3. The number of nitrogens with two attached hydrogens (primary N) is 1. The first kappa shape index (κ1) is 46.6. The number of nitrogens with one attached hydrogen (secondary N) is 5. The zero-order valence-corrected chi connectivity index (χ0v) is 35.0. The monoisotopic (exact) mass is 777 g/mol. The van der Waals surface area contributed by atoms with Gasteiger partial charge in [-0.1, -0.05) is 72.6 Å². The third-order valence-electron chi connectivity index (χ3n) is 12.4. The summed E-state index contributed by atoms with van der Waals surface area (Å²) in [6, 6.07) is -4.30. The van der Waals surface area contributed by atoms with Crippen LogP contribution in [0.3, 0.4) is 0 Å². The minimum absolute atomic E-state index is 0.0376. The van der Waals surface area contributed by atoms with Crippen LogP contribution >= 0.6 is 0 Å². The first-order valence-electron chi connectivity index (χ1n) is 21.2. The van der Waals surface area contributed by atoms with Crippen LogP contribution in [0.25, 0.3) is 0 Å². The number of amides is 5. The van der Waals surface area contributed by atoms with E-state index in [1.54, 1.807) is 0 Å². The Morgan fingerprint density at radius 1 is 0.745 bits per heavy atom. The number of rotatable bonds is 25. The number of carbonyl (C=O) groups is 5. The molecule has 14 nitrogen and oxygen atoms in total. The van der Waals surface area contributed by atoms with Gasteiger partial charge in [0.05, 0.1) is 23.8 Å². The second-order valence-electron chi connectivity index (χ2n) is 17.2. The van der Waals surface area contributed by atoms with Gasteiger partial charge in [-0.25, -0.2) is 0 Å². The Morgan fingerprint density at radius 2 is 1.38 bits per heavy atom. The van der Waals surface area contributed by atoms with Crippen LogP contribution in [0.4, 0.5) is 0 Å². The number of carbonyl (C=O) groups excluding carboxylic acids is 5. The van der Waals surface area contributed by atoms with E-state index in [4.69, 9.17) is 15.0 Å². The van der Waals surface area contributed by atoms with Crippen molar-refractivity contribution in [2.24, 2.45) is 23.0 Å². The maximum Gasteiger partial charge on any atom is 0.481 e. The molecule has 4 rings (SSSR count). The summed E-state index contributed by atoms with van der Waals surface area (Å²) < 4.78 is 12.9. The van der Waals surface area contributed by atoms with Crippen molar-refractivity contribution in [2.75, 3.05) is 6.54 Å². The molecule has 8 N–H and O–H groups in total. The van der Waals surface area contributed by atoms with Crippen LogP contribution in [0.2, 0.25) is 0 Å². The van der Waals surface area contributed by atoms with Crippen molar-refractivity contribution < 1.29 is 38.4 Å². The molecule has 5 amide bonds. The lowest BCUT2D eigenvalue weighted by atomic mass is 9.43. The molecule has 1 aliphatic heterocycles. The number of aliphatic hydroxyl groups excluding tert-OH is 1. The van der Waals surface area contributed by atoms with E-state index in [1.165, 1.54) is 33.1 Å². The van der Waals surface area contributed by atoms with E-state index >= 15 is 0 Å². The van der Waals surface area contributed by atoms with Crippen LogP contribution in [0.15, 0.2) is 0 Å². The molecule has 0 aromatic carbocycles. The van der Waals surface area contributed by atoms with Gasteiger partial charge in [0, 0.05) is 6.42 Å². The quantitative estimate of drug-likeness (QED) is 0.0536. The van der Waals surface area contributed by atoms with E-state index in [1.807, 2.05) is 13.8 Å². The van der Waals surface area contributed by atoms with Crippen molar-refractivity contribution in [3.8, 4) is 0 Å². The number of unbranched alkanes of at least 4 members (excludes halogenated alkanes) is 7. The number of aliphatic hydroxyl groups is 1. The van der Waals surface area contributed by atoms with Crippen molar-refractivity contribution in [2.45, 2.75) is 200 Å². The summed E-state index contributed by atoms with van der Waals surface area (Å²) in [5.41, 5.74) is 5.47. The predicted molar refractivity (Wildman–Crippen MR) is 213 cm³/mol. The van der Waals surface area contributed by atoms with Gasteiger partial charge in [-0.05, 0) is 96.4 Å². The van der Waals surface area contributed by atoms with Gasteiger partial charge in [0.1, 0.15) is 24.2 Å². The average Bonchev–Trinajstić information content (AvgIpc) is 3.50. The predicted octanol–water partition coefficient (Wildman–Crippen LogP) is 3.17. The Kier molecular flexibility index (Phi) is 18.4. The second kappa shape index (κ2) is 21.7. The molecule has 3 saturated carbocycles. The fourth-order valence-electron chi connectivity index (χ4n) is 8.66. The molecule has 0 spiro atoms. The molecule has 1 heterocycles. The molecule has 314 valence electrons. The molecule has 4 aliphatic rings. The molecule has 55 heavy (non-hydrogen) atoms. The highest BCUT2D eigenvalue weighted by Crippen LogP contribution is 2.65. The van der Waals surface area contributed by atoms with Crippen LogP contribution in [0, 0.1) is 17.3 Å². The van der Waals surface area contributed by atoms with Crippen LogP contribution in [-0.2, 0) is 33.3 Å². The average molecular weight is 777 g/mol. The molecule has 15 heteroatoms. The zero-order valence-electron chi connectivity index (χ0n) is 35.0. The van der Waals surface area contributed by atoms with E-state index in [0.29, 0.717) is 56.9 Å². The molecule has 1 saturated heterocycles. The SMILES string of the molecule is CCCCCCCCCC(=O)N[C@@H](CCC)C(=O)N[C@H](C(=O)N[C@@H](C)C(=O)N[C@@H](CCCCN)C(=O)N[C@@H](C)B1O[C@@H]2C[C@@H]3C[C@@H](C3(C)C)[C@]2(C)O1)[C@@H](C)O. The van der Waals surface area contributed by atoms with Crippen LogP contribution in [0.1, 0.15) is 152 Å². The highest BCUT2D eigenvalue weighted by molar-refractivity contribution is 6.47. The van der Waals surface area contributed by atoms with Crippen LogP contribution in [0.5, 0.6) is 0 Å². The lowest BCUT2D eigenvalue weighted by Crippen LogP contribution is -2.65. The van der Waals surface area contributed by atoms with Gasteiger partial charge >= 0.3 is 7.12 Å². The minimum Gasteiger partial charge on any atom is -0.404 e. The van der Waals surface area contributed by atoms with Crippen molar-refractivity contribution in [1.29, 1.82) is 0 Å². The smallest absolute Gasteiger partial charge is 0.404 e. The summed E-state index contributed by atoms with van der Waals surface area (Å²) in [5, 5.41) is 24.2. The van der Waals surface area contributed by atoms with E-state index in [0.717, 1.165) is 38.5 Å². The van der Waals surface area contributed by atoms with Gasteiger partial charge < -0.3 is 46.7 Å². The molecular weight excluding hydrogens is 703 g/mol. The Morgan fingerprint density at radius 3 is 2.00 bits per heavy atom. The fourth-order valence-corrected chi connectivity index (χ4v) is 8.66. The lowest BCUT2D eigenvalue weighted by molar-refractivity contribution is -0.199. The Bertz CT molecular complexity index is 1290. The topological polar surface area (TPSA) is 210 Å². The third kappa shape index (κ3) is 12.6. The third-order valence-corrected chi connectivity index (χ3v) is 12.4. The van der Waals surface area contributed by atoms with Crippen molar-refractivity contribution in [3.05, 3.63) is 0 Å². The first-order chi connectivity index (χ1) is 26.0. The maximum absolute atomic E-state index is 13.6. The summed E-state index contributed by atoms with van der Waals surface area (Å²) in [6.45, 7) is 15.8. The molecule has 3 aliphatic carbocycles. The van der Waals surface area contributed by atoms with E-state index in [9.17, 15) is 29.1 Å². The zero-order chi connectivity index (χ0) is 40.9. The van der Waals surface area contributed by atoms with Gasteiger partial charge in [0.2, 0.25) is 29.5 Å². The van der Waals surface area contributed by atoms with Crippen LogP contribution < -0.4 is 32.3 Å². The van der Waals surface area contributed by atoms with Crippen molar-refractivity contribution in [1.82, 2.24) is 26.6 Å². The molecular formula is C40H73BN6O8. The largest absolute Gasteiger partial charge is 0.481 e. The first-order valence-corrected chi connectivity index (χ1v) is 21.2. The lowest BCUT2D eigenvalue weighted by Gasteiger charge is -2.64. The molecule has 4 fully saturated rings. The molecule has 0 unspecified atom stereocenters. The van der Waals surface area contributed by atoms with Gasteiger partial charge in [0.15, 0.2) is 0 Å². The molecule has 0 aromatic heterocycles. The van der Waals surface area contributed by atoms with Gasteiger partial charge in [-0.3, -0.25) is 24.0 Å². The fraction of sp³-hybridized carbons (Fsp3) is 0.875. The van der Waals surface area contributed by atoms with E-state index in [-0.39, 0.29) is 17.4 Å². The van der Waals surface area contributed by atoms with Crippen LogP contribution in [-0.4, -0.2) is 96.2 Å². The van der Waals surface area contributed by atoms with Gasteiger partial charge in [-0.15, -0.1) is 0 Å². The highest BCUT2D eigenvalue weighted by atomic mass is 16.7. The summed E-state index contributed by atoms with van der Waals surface area (Å²) in [7, 11) is -0.629. The number of hydrogen-bond acceptors (Lipinski definition) is 9. The molecule has 0 radical (unpaired) electrons. The second-order valence-corrected chi connectivity index (χ2v) is 17.2. The summed E-state index contributed by atoms with van der Waals surface area (Å²) in [6.07, 6.45) is 11.0.